The summed E-state index contributed by atoms with van der Waals surface area (Å²) in [7, 11) is 1.71. The normalized spacial score (nSPS) is 11.2. The molecule has 0 spiro atoms. The van der Waals surface area contributed by atoms with Crippen LogP contribution in [0.5, 0.6) is 5.75 Å². The molecular formula is C16H24FN3O3. The standard InChI is InChI=1S/C16H24FN3O3/c1-16(2,3)19-15(22)18-14(21)11-20(4)9-10-23-13-8-6-5-7-12(13)17/h5-8H,9-11H2,1-4H3,(H2,18,19,21,22). The van der Waals surface area contributed by atoms with Gasteiger partial charge in [-0.05, 0) is 40.0 Å². The Morgan fingerprint density at radius 1 is 1.26 bits per heavy atom. The minimum atomic E-state index is -0.529. The number of nitrogens with zero attached hydrogens (tertiary/aromatic N) is 1. The van der Waals surface area contributed by atoms with Crippen LogP contribution >= 0.6 is 0 Å². The highest BCUT2D eigenvalue weighted by atomic mass is 19.1. The zero-order chi connectivity index (χ0) is 17.5. The van der Waals surface area contributed by atoms with Gasteiger partial charge in [-0.25, -0.2) is 9.18 Å². The molecule has 0 radical (unpaired) electrons. The molecule has 6 nitrogen and oxygen atoms in total. The number of carbonyl (C=O) groups excluding carboxylic acids is 2. The maximum absolute atomic E-state index is 13.4. The van der Waals surface area contributed by atoms with Crippen molar-refractivity contribution in [2.75, 3.05) is 26.7 Å². The summed E-state index contributed by atoms with van der Waals surface area (Å²) in [4.78, 5) is 25.0. The Morgan fingerprint density at radius 2 is 1.91 bits per heavy atom. The van der Waals surface area contributed by atoms with Gasteiger partial charge in [-0.2, -0.15) is 0 Å². The van der Waals surface area contributed by atoms with E-state index in [1.165, 1.54) is 6.07 Å². The number of imide groups is 1. The van der Waals surface area contributed by atoms with Crippen LogP contribution in [-0.4, -0.2) is 49.1 Å². The second-order valence-electron chi connectivity index (χ2n) is 6.27. The summed E-state index contributed by atoms with van der Waals surface area (Å²) >= 11 is 0. The summed E-state index contributed by atoms with van der Waals surface area (Å²) in [6.07, 6.45) is 0. The van der Waals surface area contributed by atoms with Crippen molar-refractivity contribution in [1.82, 2.24) is 15.5 Å². The summed E-state index contributed by atoms with van der Waals surface area (Å²) in [5.74, 6) is -0.665. The van der Waals surface area contributed by atoms with E-state index in [0.29, 0.717) is 6.54 Å². The Bertz CT molecular complexity index is 544. The van der Waals surface area contributed by atoms with Crippen molar-refractivity contribution >= 4 is 11.9 Å². The summed E-state index contributed by atoms with van der Waals surface area (Å²) in [6, 6.07) is 5.60. The van der Waals surface area contributed by atoms with Gasteiger partial charge in [-0.15, -0.1) is 0 Å². The van der Waals surface area contributed by atoms with Crippen molar-refractivity contribution in [1.29, 1.82) is 0 Å². The SMILES string of the molecule is CN(CCOc1ccccc1F)CC(=O)NC(=O)NC(C)(C)C. The molecule has 2 N–H and O–H groups in total. The van der Waals surface area contributed by atoms with Gasteiger partial charge >= 0.3 is 6.03 Å². The van der Waals surface area contributed by atoms with Crippen LogP contribution in [0.15, 0.2) is 24.3 Å². The van der Waals surface area contributed by atoms with E-state index in [2.05, 4.69) is 10.6 Å². The molecule has 0 aliphatic rings. The van der Waals surface area contributed by atoms with Gasteiger partial charge in [0.05, 0.1) is 6.54 Å². The van der Waals surface area contributed by atoms with Gasteiger partial charge in [0.25, 0.3) is 0 Å². The highest BCUT2D eigenvalue weighted by Crippen LogP contribution is 2.14. The maximum Gasteiger partial charge on any atom is 0.321 e. The van der Waals surface area contributed by atoms with Gasteiger partial charge in [0.2, 0.25) is 5.91 Å². The second kappa shape index (κ2) is 8.47. The van der Waals surface area contributed by atoms with Crippen molar-refractivity contribution in [3.63, 3.8) is 0 Å². The highest BCUT2D eigenvalue weighted by Gasteiger charge is 2.16. The number of halogens is 1. The first kappa shape index (κ1) is 18.9. The predicted molar refractivity (Wildman–Crippen MR) is 85.8 cm³/mol. The van der Waals surface area contributed by atoms with Crippen LogP contribution < -0.4 is 15.4 Å². The number of para-hydroxylation sites is 1. The van der Waals surface area contributed by atoms with Crippen molar-refractivity contribution in [2.45, 2.75) is 26.3 Å². The molecule has 3 amide bonds. The topological polar surface area (TPSA) is 70.7 Å². The molecule has 0 bridgehead atoms. The summed E-state index contributed by atoms with van der Waals surface area (Å²) in [5, 5.41) is 4.89. The lowest BCUT2D eigenvalue weighted by atomic mass is 10.1. The lowest BCUT2D eigenvalue weighted by Gasteiger charge is -2.21. The first-order chi connectivity index (χ1) is 10.7. The number of carbonyl (C=O) groups is 2. The molecule has 1 aromatic carbocycles. The summed E-state index contributed by atoms with van der Waals surface area (Å²) in [6.45, 7) is 6.16. The summed E-state index contributed by atoms with van der Waals surface area (Å²) < 4.78 is 18.7. The van der Waals surface area contributed by atoms with E-state index in [4.69, 9.17) is 4.74 Å². The van der Waals surface area contributed by atoms with Gasteiger partial charge < -0.3 is 10.1 Å². The zero-order valence-corrected chi connectivity index (χ0v) is 14.0. The van der Waals surface area contributed by atoms with E-state index in [1.807, 2.05) is 20.8 Å². The Morgan fingerprint density at radius 3 is 2.52 bits per heavy atom. The number of ether oxygens (including phenoxy) is 1. The number of rotatable bonds is 6. The first-order valence-corrected chi connectivity index (χ1v) is 7.35. The van der Waals surface area contributed by atoms with Crippen molar-refractivity contribution in [3.8, 4) is 5.75 Å². The Balaban J connectivity index is 2.28. The van der Waals surface area contributed by atoms with E-state index in [1.54, 1.807) is 30.1 Å². The fourth-order valence-corrected chi connectivity index (χ4v) is 1.74. The monoisotopic (exact) mass is 325 g/mol. The van der Waals surface area contributed by atoms with E-state index >= 15 is 0 Å². The van der Waals surface area contributed by atoms with Gasteiger partial charge in [0, 0.05) is 12.1 Å². The largest absolute Gasteiger partial charge is 0.489 e. The number of nitrogens with one attached hydrogen (secondary N) is 2. The van der Waals surface area contributed by atoms with Crippen molar-refractivity contribution < 1.29 is 18.7 Å². The molecule has 7 heteroatoms. The van der Waals surface area contributed by atoms with Crippen molar-refractivity contribution in [2.24, 2.45) is 0 Å². The average molecular weight is 325 g/mol. The third-order valence-electron chi connectivity index (χ3n) is 2.72. The molecule has 0 aromatic heterocycles. The number of benzene rings is 1. The van der Waals surface area contributed by atoms with Crippen LogP contribution in [0.25, 0.3) is 0 Å². The molecule has 0 saturated carbocycles. The smallest absolute Gasteiger partial charge is 0.321 e. The van der Waals surface area contributed by atoms with Crippen LogP contribution in [0.3, 0.4) is 0 Å². The van der Waals surface area contributed by atoms with Gasteiger partial charge in [0.1, 0.15) is 6.61 Å². The number of hydrogen-bond donors (Lipinski definition) is 2. The second-order valence-corrected chi connectivity index (χ2v) is 6.27. The summed E-state index contributed by atoms with van der Waals surface area (Å²) in [5.41, 5.74) is -0.413. The van der Waals surface area contributed by atoms with E-state index < -0.39 is 23.3 Å². The molecule has 0 heterocycles. The molecule has 0 unspecified atom stereocenters. The zero-order valence-electron chi connectivity index (χ0n) is 14.0. The fourth-order valence-electron chi connectivity index (χ4n) is 1.74. The van der Waals surface area contributed by atoms with Gasteiger partial charge in [-0.1, -0.05) is 12.1 Å². The molecule has 0 fully saturated rings. The lowest BCUT2D eigenvalue weighted by Crippen LogP contribution is -2.50. The number of amides is 3. The van der Waals surface area contributed by atoms with Crippen LogP contribution in [0.2, 0.25) is 0 Å². The average Bonchev–Trinajstić information content (AvgIpc) is 2.38. The lowest BCUT2D eigenvalue weighted by molar-refractivity contribution is -0.120. The molecular weight excluding hydrogens is 301 g/mol. The highest BCUT2D eigenvalue weighted by molar-refractivity contribution is 5.95. The first-order valence-electron chi connectivity index (χ1n) is 7.35. The van der Waals surface area contributed by atoms with Crippen LogP contribution in [-0.2, 0) is 4.79 Å². The van der Waals surface area contributed by atoms with Gasteiger partial charge in [0.15, 0.2) is 11.6 Å². The maximum atomic E-state index is 13.4. The Labute approximate surface area is 136 Å². The molecule has 0 atom stereocenters. The molecule has 0 aliphatic carbocycles. The third kappa shape index (κ3) is 8.15. The molecule has 1 rings (SSSR count). The molecule has 0 saturated heterocycles. The molecule has 0 aliphatic heterocycles. The molecule has 1 aromatic rings. The fraction of sp³-hybridized carbons (Fsp3) is 0.500. The Hall–Kier alpha value is -2.15. The van der Waals surface area contributed by atoms with E-state index in [9.17, 15) is 14.0 Å². The number of hydrogen-bond acceptors (Lipinski definition) is 4. The minimum Gasteiger partial charge on any atom is -0.489 e. The third-order valence-corrected chi connectivity index (χ3v) is 2.72. The molecule has 128 valence electrons. The predicted octanol–water partition coefficient (Wildman–Crippen LogP) is 1.76. The number of urea groups is 1. The number of likely N-dealkylation sites (N-methyl/N-ethyl adjacent to an activating group) is 1. The van der Waals surface area contributed by atoms with Crippen LogP contribution in [0, 0.1) is 5.82 Å². The van der Waals surface area contributed by atoms with Crippen LogP contribution in [0.1, 0.15) is 20.8 Å². The quantitative estimate of drug-likeness (QED) is 0.836. The minimum absolute atomic E-state index is 0.0399. The Kier molecular flexibility index (Phi) is 6.96. The van der Waals surface area contributed by atoms with E-state index in [-0.39, 0.29) is 18.9 Å². The van der Waals surface area contributed by atoms with Crippen LogP contribution in [0.4, 0.5) is 9.18 Å². The van der Waals surface area contributed by atoms with Crippen molar-refractivity contribution in [3.05, 3.63) is 30.1 Å². The molecule has 23 heavy (non-hydrogen) atoms. The van der Waals surface area contributed by atoms with Gasteiger partial charge in [-0.3, -0.25) is 15.0 Å². The van der Waals surface area contributed by atoms with E-state index in [0.717, 1.165) is 0 Å².